The predicted octanol–water partition coefficient (Wildman–Crippen LogP) is -0.514. The van der Waals surface area contributed by atoms with E-state index in [4.69, 9.17) is 11.6 Å². The fraction of sp³-hybridized carbons (Fsp3) is 0.714. The van der Waals surface area contributed by atoms with Gasteiger partial charge in [0.1, 0.15) is 15.7 Å². The van der Waals surface area contributed by atoms with E-state index in [2.05, 4.69) is 5.32 Å². The summed E-state index contributed by atoms with van der Waals surface area (Å²) >= 11 is 5.15. The minimum absolute atomic E-state index is 0.00324. The molecular weight excluding hydrogens is 244 g/mol. The van der Waals surface area contributed by atoms with Gasteiger partial charge in [0, 0.05) is 12.8 Å². The first-order valence-electron chi connectivity index (χ1n) is 4.16. The Bertz CT molecular complexity index is 328. The summed E-state index contributed by atoms with van der Waals surface area (Å²) < 4.78 is 21.4. The third kappa shape index (κ3) is 9.48. The lowest BCUT2D eigenvalue weighted by molar-refractivity contribution is -0.117. The zero-order chi connectivity index (χ0) is 11.9. The van der Waals surface area contributed by atoms with Crippen LogP contribution in [-0.4, -0.2) is 44.8 Å². The van der Waals surface area contributed by atoms with Gasteiger partial charge < -0.3 is 5.32 Å². The number of imide groups is 1. The first-order chi connectivity index (χ1) is 6.85. The van der Waals surface area contributed by atoms with Crippen molar-refractivity contribution in [3.63, 3.8) is 0 Å². The Morgan fingerprint density at radius 3 is 2.40 bits per heavy atom. The van der Waals surface area contributed by atoms with Crippen molar-refractivity contribution in [2.75, 3.05) is 24.4 Å². The van der Waals surface area contributed by atoms with Gasteiger partial charge in [0.25, 0.3) is 0 Å². The maximum Gasteiger partial charge on any atom is 0.321 e. The molecular formula is C7H13ClN2O4S. The highest BCUT2D eigenvalue weighted by Crippen LogP contribution is 1.86. The molecule has 0 aliphatic carbocycles. The number of halogens is 1. The largest absolute Gasteiger partial charge is 0.338 e. The molecule has 0 aliphatic rings. The second-order valence-electron chi connectivity index (χ2n) is 2.92. The van der Waals surface area contributed by atoms with Crippen molar-refractivity contribution in [2.24, 2.45) is 0 Å². The molecule has 6 nitrogen and oxygen atoms in total. The van der Waals surface area contributed by atoms with Crippen molar-refractivity contribution in [3.8, 4) is 0 Å². The highest BCUT2D eigenvalue weighted by Gasteiger charge is 2.06. The summed E-state index contributed by atoms with van der Waals surface area (Å²) in [4.78, 5) is 21.5. The van der Waals surface area contributed by atoms with Crippen molar-refractivity contribution in [2.45, 2.75) is 6.42 Å². The Morgan fingerprint density at radius 2 is 1.93 bits per heavy atom. The lowest BCUT2D eigenvalue weighted by atomic mass is 10.5. The number of rotatable bonds is 5. The predicted molar refractivity (Wildman–Crippen MR) is 56.6 cm³/mol. The van der Waals surface area contributed by atoms with Gasteiger partial charge in [0.2, 0.25) is 5.91 Å². The summed E-state index contributed by atoms with van der Waals surface area (Å²) in [6.07, 6.45) is 1.42. The maximum absolute atomic E-state index is 10.9. The van der Waals surface area contributed by atoms with Crippen molar-refractivity contribution >= 4 is 33.4 Å². The van der Waals surface area contributed by atoms with Crippen LogP contribution in [0.2, 0.25) is 0 Å². The van der Waals surface area contributed by atoms with E-state index in [1.54, 1.807) is 0 Å². The molecule has 0 saturated heterocycles. The Hall–Kier alpha value is -0.820. The molecule has 15 heavy (non-hydrogen) atoms. The van der Waals surface area contributed by atoms with E-state index in [-0.39, 0.29) is 18.2 Å². The summed E-state index contributed by atoms with van der Waals surface area (Å²) in [5.41, 5.74) is 0. The Morgan fingerprint density at radius 1 is 1.33 bits per heavy atom. The molecule has 0 rings (SSSR count). The van der Waals surface area contributed by atoms with Crippen LogP contribution in [0, 0.1) is 0 Å². The molecule has 8 heteroatoms. The summed E-state index contributed by atoms with van der Waals surface area (Å²) in [5, 5.41) is 4.28. The number of hydrogen-bond donors (Lipinski definition) is 2. The molecule has 0 unspecified atom stereocenters. The van der Waals surface area contributed by atoms with Gasteiger partial charge in [-0.25, -0.2) is 13.2 Å². The van der Waals surface area contributed by atoms with Crippen LogP contribution < -0.4 is 10.6 Å². The smallest absolute Gasteiger partial charge is 0.321 e. The molecule has 0 aromatic carbocycles. The van der Waals surface area contributed by atoms with E-state index in [0.29, 0.717) is 6.42 Å². The third-order valence-electron chi connectivity index (χ3n) is 1.35. The number of urea groups is 1. The van der Waals surface area contributed by atoms with Crippen LogP contribution >= 0.6 is 11.6 Å². The molecule has 3 amide bonds. The standard InChI is InChI=1S/C7H13ClN2O4S/c1-15(13,14)4-2-3-9-7(12)10-6(11)5-8/h2-5H2,1H3,(H2,9,10,11,12). The van der Waals surface area contributed by atoms with Crippen LogP contribution in [0.4, 0.5) is 4.79 Å². The van der Waals surface area contributed by atoms with E-state index in [1.165, 1.54) is 0 Å². The molecule has 0 fully saturated rings. The van der Waals surface area contributed by atoms with E-state index < -0.39 is 21.8 Å². The minimum atomic E-state index is -3.01. The molecule has 0 aromatic heterocycles. The summed E-state index contributed by atoms with van der Waals surface area (Å²) in [7, 11) is -3.01. The summed E-state index contributed by atoms with van der Waals surface area (Å²) in [5.74, 6) is -0.898. The highest BCUT2D eigenvalue weighted by molar-refractivity contribution is 7.90. The second kappa shape index (κ2) is 6.62. The molecule has 0 saturated carbocycles. The first kappa shape index (κ1) is 14.2. The van der Waals surface area contributed by atoms with Crippen LogP contribution in [0.1, 0.15) is 6.42 Å². The van der Waals surface area contributed by atoms with Crippen molar-refractivity contribution in [1.29, 1.82) is 0 Å². The maximum atomic E-state index is 10.9. The van der Waals surface area contributed by atoms with Gasteiger partial charge in [-0.15, -0.1) is 11.6 Å². The first-order valence-corrected chi connectivity index (χ1v) is 6.76. The zero-order valence-corrected chi connectivity index (χ0v) is 9.82. The minimum Gasteiger partial charge on any atom is -0.338 e. The van der Waals surface area contributed by atoms with Gasteiger partial charge in [-0.2, -0.15) is 0 Å². The van der Waals surface area contributed by atoms with E-state index >= 15 is 0 Å². The number of sulfone groups is 1. The van der Waals surface area contributed by atoms with Crippen LogP contribution in [0.3, 0.4) is 0 Å². The number of alkyl halides is 1. The zero-order valence-electron chi connectivity index (χ0n) is 8.25. The topological polar surface area (TPSA) is 92.3 Å². The summed E-state index contributed by atoms with van der Waals surface area (Å²) in [6.45, 7) is 0.189. The van der Waals surface area contributed by atoms with Crippen molar-refractivity contribution in [1.82, 2.24) is 10.6 Å². The molecule has 0 bridgehead atoms. The van der Waals surface area contributed by atoms with Crippen molar-refractivity contribution in [3.05, 3.63) is 0 Å². The molecule has 0 radical (unpaired) electrons. The average molecular weight is 257 g/mol. The Kier molecular flexibility index (Phi) is 6.26. The second-order valence-corrected chi connectivity index (χ2v) is 5.45. The van der Waals surface area contributed by atoms with E-state index in [9.17, 15) is 18.0 Å². The summed E-state index contributed by atoms with van der Waals surface area (Å²) in [6, 6.07) is -0.672. The SMILES string of the molecule is CS(=O)(=O)CCCNC(=O)NC(=O)CCl. The normalized spacial score (nSPS) is 10.8. The van der Waals surface area contributed by atoms with Gasteiger partial charge in [-0.3, -0.25) is 10.1 Å². The van der Waals surface area contributed by atoms with E-state index in [1.807, 2.05) is 5.32 Å². The number of carbonyl (C=O) groups is 2. The van der Waals surface area contributed by atoms with Crippen LogP contribution in [0.5, 0.6) is 0 Å². The monoisotopic (exact) mass is 256 g/mol. The lowest BCUT2D eigenvalue weighted by Gasteiger charge is -2.04. The van der Waals surface area contributed by atoms with Crippen LogP contribution in [0.25, 0.3) is 0 Å². The molecule has 0 aliphatic heterocycles. The van der Waals surface area contributed by atoms with E-state index in [0.717, 1.165) is 6.26 Å². The number of carbonyl (C=O) groups excluding carboxylic acids is 2. The van der Waals surface area contributed by atoms with Crippen LogP contribution in [0.15, 0.2) is 0 Å². The fourth-order valence-electron chi connectivity index (χ4n) is 0.741. The molecule has 0 aromatic rings. The van der Waals surface area contributed by atoms with Gasteiger partial charge in [0.15, 0.2) is 0 Å². The average Bonchev–Trinajstić information content (AvgIpc) is 2.11. The Labute approximate surface area is 93.3 Å². The van der Waals surface area contributed by atoms with Crippen LogP contribution in [-0.2, 0) is 14.6 Å². The van der Waals surface area contributed by atoms with Gasteiger partial charge in [-0.05, 0) is 6.42 Å². The molecule has 2 N–H and O–H groups in total. The van der Waals surface area contributed by atoms with Crippen molar-refractivity contribution < 1.29 is 18.0 Å². The van der Waals surface area contributed by atoms with Gasteiger partial charge in [0.05, 0.1) is 5.75 Å². The number of amides is 3. The Balaban J connectivity index is 3.61. The van der Waals surface area contributed by atoms with Gasteiger partial charge >= 0.3 is 6.03 Å². The highest BCUT2D eigenvalue weighted by atomic mass is 35.5. The third-order valence-corrected chi connectivity index (χ3v) is 2.62. The molecule has 0 spiro atoms. The lowest BCUT2D eigenvalue weighted by Crippen LogP contribution is -2.40. The molecule has 0 heterocycles. The molecule has 88 valence electrons. The fourth-order valence-corrected chi connectivity index (χ4v) is 1.48. The number of hydrogen-bond acceptors (Lipinski definition) is 4. The number of nitrogens with one attached hydrogen (secondary N) is 2. The van der Waals surface area contributed by atoms with Gasteiger partial charge in [-0.1, -0.05) is 0 Å². The molecule has 0 atom stereocenters. The quantitative estimate of drug-likeness (QED) is 0.512.